The summed E-state index contributed by atoms with van der Waals surface area (Å²) in [7, 11) is 1.57. The Morgan fingerprint density at radius 2 is 1.81 bits per heavy atom. The number of amides is 3. The van der Waals surface area contributed by atoms with Crippen LogP contribution in [-0.4, -0.2) is 47.0 Å². The Bertz CT molecular complexity index is 1080. The smallest absolute Gasteiger partial charge is 0.250 e. The normalized spacial score (nSPS) is 29.8. The Balaban J connectivity index is 1.56. The first-order chi connectivity index (χ1) is 14.9. The molecule has 5 atom stereocenters. The van der Waals surface area contributed by atoms with E-state index in [-0.39, 0.29) is 18.4 Å². The standard InChI is InChI=1S/C23H23N3O5/c1-12(27)19-17-18(23(25-19)15-5-3-4-6-16(15)24-22(23)30)21(29)26(20(17)28)11-13-7-9-14(31-2)10-8-13/h3-10,12,17-19,25,27H,11H2,1-2H3,(H,24,30)/t12-,17+,18-,19+,23-/m0/s1. The van der Waals surface area contributed by atoms with Gasteiger partial charge in [0.05, 0.1) is 31.6 Å². The second kappa shape index (κ2) is 6.90. The highest BCUT2D eigenvalue weighted by Gasteiger charge is 2.70. The van der Waals surface area contributed by atoms with E-state index in [1.807, 2.05) is 0 Å². The number of para-hydroxylation sites is 1. The highest BCUT2D eigenvalue weighted by Crippen LogP contribution is 2.53. The molecule has 3 aliphatic heterocycles. The van der Waals surface area contributed by atoms with Crippen LogP contribution in [0.5, 0.6) is 5.75 Å². The van der Waals surface area contributed by atoms with Gasteiger partial charge in [0, 0.05) is 17.3 Å². The van der Waals surface area contributed by atoms with E-state index in [1.165, 1.54) is 4.90 Å². The number of anilines is 1. The van der Waals surface area contributed by atoms with Gasteiger partial charge in [0.2, 0.25) is 17.7 Å². The fraction of sp³-hybridized carbons (Fsp3) is 0.348. The highest BCUT2D eigenvalue weighted by atomic mass is 16.5. The Labute approximate surface area is 179 Å². The van der Waals surface area contributed by atoms with E-state index in [4.69, 9.17) is 4.74 Å². The second-order valence-electron chi connectivity index (χ2n) is 8.33. The van der Waals surface area contributed by atoms with Gasteiger partial charge in [-0.25, -0.2) is 0 Å². The van der Waals surface area contributed by atoms with Crippen LogP contribution in [0.4, 0.5) is 5.69 Å². The molecule has 8 nitrogen and oxygen atoms in total. The number of aliphatic hydroxyl groups is 1. The molecule has 2 aromatic carbocycles. The molecule has 8 heteroatoms. The molecule has 5 rings (SSSR count). The lowest BCUT2D eigenvalue weighted by Gasteiger charge is -2.30. The number of methoxy groups -OCH3 is 1. The highest BCUT2D eigenvalue weighted by molar-refractivity contribution is 6.15. The molecule has 160 valence electrons. The van der Waals surface area contributed by atoms with E-state index in [9.17, 15) is 19.5 Å². The van der Waals surface area contributed by atoms with Crippen molar-refractivity contribution in [3.05, 3.63) is 59.7 Å². The lowest BCUT2D eigenvalue weighted by Crippen LogP contribution is -2.54. The fourth-order valence-corrected chi connectivity index (χ4v) is 5.23. The number of benzene rings is 2. The van der Waals surface area contributed by atoms with Crippen molar-refractivity contribution in [3.8, 4) is 5.75 Å². The molecule has 2 aromatic rings. The average Bonchev–Trinajstić information content (AvgIpc) is 3.35. The Hall–Kier alpha value is -3.23. The molecule has 0 unspecified atom stereocenters. The van der Waals surface area contributed by atoms with E-state index >= 15 is 0 Å². The van der Waals surface area contributed by atoms with Crippen LogP contribution >= 0.6 is 0 Å². The minimum atomic E-state index is -1.38. The largest absolute Gasteiger partial charge is 0.497 e. The summed E-state index contributed by atoms with van der Waals surface area (Å²) in [5, 5.41) is 16.4. The zero-order valence-electron chi connectivity index (χ0n) is 17.2. The Morgan fingerprint density at radius 3 is 2.48 bits per heavy atom. The third kappa shape index (κ3) is 2.65. The molecular formula is C23H23N3O5. The topological polar surface area (TPSA) is 108 Å². The van der Waals surface area contributed by atoms with Crippen molar-refractivity contribution in [2.24, 2.45) is 11.8 Å². The van der Waals surface area contributed by atoms with E-state index in [0.717, 1.165) is 5.56 Å². The number of carbonyl (C=O) groups excluding carboxylic acids is 3. The molecule has 0 bridgehead atoms. The summed E-state index contributed by atoms with van der Waals surface area (Å²) >= 11 is 0. The van der Waals surface area contributed by atoms with Crippen LogP contribution in [0.1, 0.15) is 18.1 Å². The number of hydrogen-bond acceptors (Lipinski definition) is 6. The fourth-order valence-electron chi connectivity index (χ4n) is 5.23. The van der Waals surface area contributed by atoms with Crippen molar-refractivity contribution in [2.75, 3.05) is 12.4 Å². The molecule has 2 fully saturated rings. The molecule has 3 amide bonds. The average molecular weight is 421 g/mol. The third-order valence-corrected chi connectivity index (χ3v) is 6.67. The summed E-state index contributed by atoms with van der Waals surface area (Å²) in [5.74, 6) is -2.24. The summed E-state index contributed by atoms with van der Waals surface area (Å²) in [6.07, 6.45) is -0.926. The van der Waals surface area contributed by atoms with E-state index < -0.39 is 35.4 Å². The number of carbonyl (C=O) groups is 3. The van der Waals surface area contributed by atoms with Crippen molar-refractivity contribution in [2.45, 2.75) is 31.2 Å². The lowest BCUT2D eigenvalue weighted by molar-refractivity contribution is -0.143. The molecule has 0 radical (unpaired) electrons. The Kier molecular flexibility index (Phi) is 4.39. The van der Waals surface area contributed by atoms with E-state index in [1.54, 1.807) is 62.6 Å². The maximum atomic E-state index is 13.6. The monoisotopic (exact) mass is 421 g/mol. The van der Waals surface area contributed by atoms with Crippen LogP contribution < -0.4 is 15.4 Å². The van der Waals surface area contributed by atoms with Gasteiger partial charge in [0.25, 0.3) is 0 Å². The van der Waals surface area contributed by atoms with Gasteiger partial charge < -0.3 is 15.2 Å². The van der Waals surface area contributed by atoms with Gasteiger partial charge in [-0.15, -0.1) is 0 Å². The van der Waals surface area contributed by atoms with Crippen molar-refractivity contribution in [3.63, 3.8) is 0 Å². The molecule has 3 heterocycles. The predicted octanol–water partition coefficient (Wildman–Crippen LogP) is 0.997. The molecule has 2 saturated heterocycles. The summed E-state index contributed by atoms with van der Waals surface area (Å²) in [6.45, 7) is 1.66. The van der Waals surface area contributed by atoms with Crippen LogP contribution in [0.15, 0.2) is 48.5 Å². The van der Waals surface area contributed by atoms with Crippen molar-refractivity contribution in [1.82, 2.24) is 10.2 Å². The molecular weight excluding hydrogens is 398 g/mol. The van der Waals surface area contributed by atoms with Crippen LogP contribution in [0.25, 0.3) is 0 Å². The molecule has 0 saturated carbocycles. The zero-order chi connectivity index (χ0) is 21.9. The van der Waals surface area contributed by atoms with Crippen molar-refractivity contribution < 1.29 is 24.2 Å². The van der Waals surface area contributed by atoms with E-state index in [2.05, 4.69) is 10.6 Å². The van der Waals surface area contributed by atoms with Gasteiger partial charge in [0.1, 0.15) is 11.3 Å². The van der Waals surface area contributed by atoms with Crippen LogP contribution in [-0.2, 0) is 26.5 Å². The molecule has 1 spiro atoms. The van der Waals surface area contributed by atoms with E-state index in [0.29, 0.717) is 17.0 Å². The second-order valence-corrected chi connectivity index (χ2v) is 8.33. The van der Waals surface area contributed by atoms with Crippen LogP contribution in [0.2, 0.25) is 0 Å². The number of imide groups is 1. The van der Waals surface area contributed by atoms with Gasteiger partial charge in [-0.1, -0.05) is 30.3 Å². The number of aliphatic hydroxyl groups excluding tert-OH is 1. The van der Waals surface area contributed by atoms with Gasteiger partial charge in [0.15, 0.2) is 0 Å². The lowest BCUT2D eigenvalue weighted by atomic mass is 9.76. The third-order valence-electron chi connectivity index (χ3n) is 6.67. The number of ether oxygens (including phenoxy) is 1. The predicted molar refractivity (Wildman–Crippen MR) is 111 cm³/mol. The number of nitrogens with one attached hydrogen (secondary N) is 2. The quantitative estimate of drug-likeness (QED) is 0.636. The first-order valence-electron chi connectivity index (χ1n) is 10.2. The molecule has 3 N–H and O–H groups in total. The summed E-state index contributed by atoms with van der Waals surface area (Å²) in [4.78, 5) is 41.4. The zero-order valence-corrected chi connectivity index (χ0v) is 17.2. The van der Waals surface area contributed by atoms with Crippen LogP contribution in [0.3, 0.4) is 0 Å². The summed E-state index contributed by atoms with van der Waals surface area (Å²) in [6, 6.07) is 13.6. The molecule has 0 aliphatic carbocycles. The minimum absolute atomic E-state index is 0.0978. The maximum Gasteiger partial charge on any atom is 0.250 e. The van der Waals surface area contributed by atoms with Crippen LogP contribution in [0, 0.1) is 11.8 Å². The Morgan fingerprint density at radius 1 is 1.10 bits per heavy atom. The summed E-state index contributed by atoms with van der Waals surface area (Å²) < 4.78 is 5.16. The number of fused-ring (bicyclic) bond motifs is 4. The molecule has 3 aliphatic rings. The van der Waals surface area contributed by atoms with Gasteiger partial charge in [-0.3, -0.25) is 24.6 Å². The maximum absolute atomic E-state index is 13.6. The minimum Gasteiger partial charge on any atom is -0.497 e. The summed E-state index contributed by atoms with van der Waals surface area (Å²) in [5.41, 5.74) is 0.628. The van der Waals surface area contributed by atoms with Gasteiger partial charge >= 0.3 is 0 Å². The number of likely N-dealkylation sites (tertiary alicyclic amines) is 1. The first-order valence-corrected chi connectivity index (χ1v) is 10.2. The van der Waals surface area contributed by atoms with Gasteiger partial charge in [-0.2, -0.15) is 0 Å². The SMILES string of the molecule is COc1ccc(CN2C(=O)[C@H]3[C@@H]([C@H](C)O)N[C@]4(C(=O)Nc5ccccc54)[C@@H]3C2=O)cc1. The number of hydrogen-bond donors (Lipinski definition) is 3. The molecule has 31 heavy (non-hydrogen) atoms. The van der Waals surface area contributed by atoms with Crippen molar-refractivity contribution >= 4 is 23.4 Å². The first kappa shape index (κ1) is 19.7. The molecule has 0 aromatic heterocycles. The number of nitrogens with zero attached hydrogens (tertiary/aromatic N) is 1. The van der Waals surface area contributed by atoms with Gasteiger partial charge in [-0.05, 0) is 30.7 Å². The van der Waals surface area contributed by atoms with Crippen molar-refractivity contribution in [1.29, 1.82) is 0 Å². The number of rotatable bonds is 4.